The van der Waals surface area contributed by atoms with Crippen LogP contribution in [0.2, 0.25) is 0 Å². The summed E-state index contributed by atoms with van der Waals surface area (Å²) in [5, 5.41) is 22.1. The Morgan fingerprint density at radius 1 is 1.50 bits per heavy atom. The van der Waals surface area contributed by atoms with Crippen molar-refractivity contribution < 1.29 is 10.2 Å². The van der Waals surface area contributed by atoms with Gasteiger partial charge in [0.15, 0.2) is 0 Å². The number of nitrogens with zero attached hydrogens (tertiary/aromatic N) is 1. The maximum absolute atomic E-state index is 9.35. The average molecular weight is 194 g/mol. The van der Waals surface area contributed by atoms with Gasteiger partial charge >= 0.3 is 0 Å². The van der Waals surface area contributed by atoms with Crippen LogP contribution in [0.4, 0.5) is 0 Å². The molecule has 76 valence electrons. The lowest BCUT2D eigenvalue weighted by Gasteiger charge is -2.02. The molecule has 0 radical (unpaired) electrons. The fourth-order valence-corrected chi connectivity index (χ4v) is 0.897. The molecule has 14 heavy (non-hydrogen) atoms. The number of phenols is 1. The van der Waals surface area contributed by atoms with Crippen molar-refractivity contribution in [2.24, 2.45) is 5.10 Å². The number of aliphatic hydroxyl groups is 1. The van der Waals surface area contributed by atoms with Crippen molar-refractivity contribution in [2.75, 3.05) is 6.54 Å². The van der Waals surface area contributed by atoms with Gasteiger partial charge in [0.25, 0.3) is 0 Å². The Bertz CT molecular complexity index is 311. The highest BCUT2D eigenvalue weighted by molar-refractivity contribution is 5.82. The molecule has 0 heterocycles. The molecule has 1 unspecified atom stereocenters. The molecule has 0 aliphatic carbocycles. The number of rotatable bonds is 4. The number of aromatic hydroxyl groups is 1. The van der Waals surface area contributed by atoms with E-state index in [-0.39, 0.29) is 5.75 Å². The highest BCUT2D eigenvalue weighted by atomic mass is 16.3. The molecular weight excluding hydrogens is 180 g/mol. The largest absolute Gasteiger partial charge is 0.507 e. The predicted molar refractivity (Wildman–Crippen MR) is 55.4 cm³/mol. The zero-order valence-electron chi connectivity index (χ0n) is 8.01. The van der Waals surface area contributed by atoms with Gasteiger partial charge in [-0.25, -0.2) is 0 Å². The Labute approximate surface area is 82.9 Å². The van der Waals surface area contributed by atoms with Crippen LogP contribution in [-0.4, -0.2) is 29.1 Å². The van der Waals surface area contributed by atoms with Crippen molar-refractivity contribution in [3.05, 3.63) is 29.8 Å². The van der Waals surface area contributed by atoms with Gasteiger partial charge in [-0.3, -0.25) is 0 Å². The third kappa shape index (κ3) is 3.45. The van der Waals surface area contributed by atoms with Crippen LogP contribution < -0.4 is 5.43 Å². The molecule has 0 saturated heterocycles. The summed E-state index contributed by atoms with van der Waals surface area (Å²) >= 11 is 0. The third-order valence-electron chi connectivity index (χ3n) is 1.62. The zero-order chi connectivity index (χ0) is 10.4. The zero-order valence-corrected chi connectivity index (χ0v) is 8.01. The van der Waals surface area contributed by atoms with Crippen LogP contribution >= 0.6 is 0 Å². The van der Waals surface area contributed by atoms with Gasteiger partial charge in [0.1, 0.15) is 5.75 Å². The highest BCUT2D eigenvalue weighted by Crippen LogP contribution is 2.12. The number of para-hydroxylation sites is 1. The number of hydrogen-bond acceptors (Lipinski definition) is 4. The van der Waals surface area contributed by atoms with Gasteiger partial charge in [-0.1, -0.05) is 12.1 Å². The molecule has 0 bridgehead atoms. The van der Waals surface area contributed by atoms with Gasteiger partial charge in [0.2, 0.25) is 0 Å². The van der Waals surface area contributed by atoms with Crippen molar-refractivity contribution >= 4 is 6.21 Å². The summed E-state index contributed by atoms with van der Waals surface area (Å²) < 4.78 is 0. The average Bonchev–Trinajstić information content (AvgIpc) is 2.15. The molecule has 0 aliphatic heterocycles. The number of benzene rings is 1. The SMILES string of the molecule is CC(O)CNN=Cc1ccccc1O. The molecule has 1 aromatic carbocycles. The molecule has 4 heteroatoms. The number of hydrogen-bond donors (Lipinski definition) is 3. The second-order valence-electron chi connectivity index (χ2n) is 3.03. The quantitative estimate of drug-likeness (QED) is 0.488. The second-order valence-corrected chi connectivity index (χ2v) is 3.03. The Morgan fingerprint density at radius 2 is 2.21 bits per heavy atom. The Morgan fingerprint density at radius 3 is 2.86 bits per heavy atom. The van der Waals surface area contributed by atoms with Gasteiger partial charge in [-0.05, 0) is 19.1 Å². The second kappa shape index (κ2) is 5.24. The fourth-order valence-electron chi connectivity index (χ4n) is 0.897. The van der Waals surface area contributed by atoms with E-state index in [1.54, 1.807) is 25.1 Å². The first kappa shape index (κ1) is 10.5. The van der Waals surface area contributed by atoms with E-state index in [0.29, 0.717) is 12.1 Å². The first-order valence-electron chi connectivity index (χ1n) is 4.42. The Balaban J connectivity index is 2.48. The Hall–Kier alpha value is -1.55. The van der Waals surface area contributed by atoms with Crippen LogP contribution in [0.15, 0.2) is 29.4 Å². The lowest BCUT2D eigenvalue weighted by atomic mass is 10.2. The van der Waals surface area contributed by atoms with E-state index in [9.17, 15) is 5.11 Å². The highest BCUT2D eigenvalue weighted by Gasteiger charge is 1.94. The van der Waals surface area contributed by atoms with Gasteiger partial charge < -0.3 is 15.6 Å². The first-order valence-corrected chi connectivity index (χ1v) is 4.42. The van der Waals surface area contributed by atoms with Crippen LogP contribution in [-0.2, 0) is 0 Å². The van der Waals surface area contributed by atoms with Crippen LogP contribution in [0.5, 0.6) is 5.75 Å². The standard InChI is InChI=1S/C10H14N2O2/c1-8(13)6-11-12-7-9-4-2-3-5-10(9)14/h2-5,7-8,11,13-14H,6H2,1H3. The van der Waals surface area contributed by atoms with Gasteiger partial charge in [0.05, 0.1) is 18.9 Å². The normalized spacial score (nSPS) is 13.0. The van der Waals surface area contributed by atoms with Crippen LogP contribution in [0, 0.1) is 0 Å². The summed E-state index contributed by atoms with van der Waals surface area (Å²) in [5.74, 6) is 0.190. The van der Waals surface area contributed by atoms with E-state index in [4.69, 9.17) is 5.11 Å². The maximum Gasteiger partial charge on any atom is 0.124 e. The molecule has 1 aromatic rings. The topological polar surface area (TPSA) is 64.8 Å². The molecule has 3 N–H and O–H groups in total. The summed E-state index contributed by atoms with van der Waals surface area (Å²) in [6, 6.07) is 6.91. The molecule has 1 rings (SSSR count). The lowest BCUT2D eigenvalue weighted by Crippen LogP contribution is -2.19. The van der Waals surface area contributed by atoms with E-state index in [1.165, 1.54) is 6.21 Å². The van der Waals surface area contributed by atoms with Gasteiger partial charge in [0, 0.05) is 5.56 Å². The number of aliphatic hydroxyl groups excluding tert-OH is 1. The van der Waals surface area contributed by atoms with Crippen molar-refractivity contribution in [1.29, 1.82) is 0 Å². The van der Waals surface area contributed by atoms with Crippen molar-refractivity contribution in [1.82, 2.24) is 5.43 Å². The summed E-state index contributed by atoms with van der Waals surface area (Å²) in [4.78, 5) is 0. The Kier molecular flexibility index (Phi) is 3.94. The molecular formula is C10H14N2O2. The minimum Gasteiger partial charge on any atom is -0.507 e. The van der Waals surface area contributed by atoms with E-state index >= 15 is 0 Å². The molecule has 4 nitrogen and oxygen atoms in total. The number of nitrogens with one attached hydrogen (secondary N) is 1. The molecule has 0 aliphatic rings. The summed E-state index contributed by atoms with van der Waals surface area (Å²) in [5.41, 5.74) is 3.31. The predicted octanol–water partition coefficient (Wildman–Crippen LogP) is 0.697. The molecule has 0 amide bonds. The molecule has 0 spiro atoms. The van der Waals surface area contributed by atoms with Crippen molar-refractivity contribution in [3.8, 4) is 5.75 Å². The molecule has 0 aromatic heterocycles. The van der Waals surface area contributed by atoms with E-state index in [2.05, 4.69) is 10.5 Å². The number of phenolic OH excluding ortho intramolecular Hbond substituents is 1. The smallest absolute Gasteiger partial charge is 0.124 e. The first-order chi connectivity index (χ1) is 6.70. The minimum absolute atomic E-state index is 0.190. The van der Waals surface area contributed by atoms with Crippen LogP contribution in [0.25, 0.3) is 0 Å². The van der Waals surface area contributed by atoms with Crippen LogP contribution in [0.3, 0.4) is 0 Å². The van der Waals surface area contributed by atoms with Gasteiger partial charge in [-0.15, -0.1) is 0 Å². The molecule has 0 fully saturated rings. The van der Waals surface area contributed by atoms with E-state index < -0.39 is 6.10 Å². The van der Waals surface area contributed by atoms with E-state index in [1.807, 2.05) is 6.07 Å². The maximum atomic E-state index is 9.35. The summed E-state index contributed by atoms with van der Waals surface area (Å²) in [6.07, 6.45) is 1.08. The van der Waals surface area contributed by atoms with Crippen molar-refractivity contribution in [3.63, 3.8) is 0 Å². The minimum atomic E-state index is -0.434. The van der Waals surface area contributed by atoms with Crippen LogP contribution in [0.1, 0.15) is 12.5 Å². The van der Waals surface area contributed by atoms with E-state index in [0.717, 1.165) is 0 Å². The summed E-state index contributed by atoms with van der Waals surface area (Å²) in [6.45, 7) is 2.06. The third-order valence-corrected chi connectivity index (χ3v) is 1.62. The number of hydrazone groups is 1. The monoisotopic (exact) mass is 194 g/mol. The molecule has 1 atom stereocenters. The summed E-state index contributed by atoms with van der Waals surface area (Å²) in [7, 11) is 0. The fraction of sp³-hybridized carbons (Fsp3) is 0.300. The van der Waals surface area contributed by atoms with Gasteiger partial charge in [-0.2, -0.15) is 5.10 Å². The lowest BCUT2D eigenvalue weighted by molar-refractivity contribution is 0.192. The van der Waals surface area contributed by atoms with Crippen molar-refractivity contribution in [2.45, 2.75) is 13.0 Å². The molecule has 0 saturated carbocycles.